The van der Waals surface area contributed by atoms with Crippen molar-refractivity contribution in [1.29, 1.82) is 0 Å². The van der Waals surface area contributed by atoms with Gasteiger partial charge in [-0.05, 0) is 68.2 Å². The van der Waals surface area contributed by atoms with Gasteiger partial charge in [0.1, 0.15) is 0 Å². The van der Waals surface area contributed by atoms with Crippen molar-refractivity contribution in [3.05, 3.63) is 84.9 Å². The van der Waals surface area contributed by atoms with Crippen molar-refractivity contribution in [3.8, 4) is 5.69 Å². The van der Waals surface area contributed by atoms with E-state index in [1.54, 1.807) is 13.8 Å². The first-order valence-corrected chi connectivity index (χ1v) is 11.1. The van der Waals surface area contributed by atoms with E-state index in [2.05, 4.69) is 83.4 Å². The van der Waals surface area contributed by atoms with Gasteiger partial charge in [-0.1, -0.05) is 60.7 Å². The molecule has 0 radical (unpaired) electrons. The molecule has 0 atom stereocenters. The standard InChI is InChI=1S/C28H28BNO2/c1-27(2,31)28(3,4)32-29-26-21-15-9-8-12-19(21)18-24-25(26)22-16-10-11-17-23(22)30(24)20-13-6-5-7-14-20/h5-18,29,31H,1-4H3. The quantitative estimate of drug-likeness (QED) is 0.382. The molecule has 0 amide bonds. The third kappa shape index (κ3) is 3.31. The Hall–Kier alpha value is -3.08. The molecule has 0 fully saturated rings. The van der Waals surface area contributed by atoms with Crippen LogP contribution in [-0.4, -0.2) is 28.4 Å². The summed E-state index contributed by atoms with van der Waals surface area (Å²) in [5.74, 6) is 0. The van der Waals surface area contributed by atoms with Crippen LogP contribution in [0, 0.1) is 0 Å². The summed E-state index contributed by atoms with van der Waals surface area (Å²) in [5, 5.41) is 15.4. The largest absolute Gasteiger partial charge is 0.427 e. The topological polar surface area (TPSA) is 34.4 Å². The van der Waals surface area contributed by atoms with Crippen LogP contribution in [0.25, 0.3) is 38.3 Å². The van der Waals surface area contributed by atoms with Gasteiger partial charge in [0.15, 0.2) is 0 Å². The highest BCUT2D eigenvalue weighted by atomic mass is 16.5. The molecule has 0 aliphatic rings. The van der Waals surface area contributed by atoms with Gasteiger partial charge in [0.2, 0.25) is 0 Å². The van der Waals surface area contributed by atoms with Gasteiger partial charge >= 0.3 is 7.48 Å². The smallest absolute Gasteiger partial charge is 0.310 e. The zero-order chi connectivity index (χ0) is 22.5. The lowest BCUT2D eigenvalue weighted by Crippen LogP contribution is -2.49. The Kier molecular flexibility index (Phi) is 4.88. The highest BCUT2D eigenvalue weighted by Gasteiger charge is 2.36. The summed E-state index contributed by atoms with van der Waals surface area (Å²) in [6.07, 6.45) is 0. The van der Waals surface area contributed by atoms with Gasteiger partial charge in [-0.25, -0.2) is 0 Å². The number of hydrogen-bond acceptors (Lipinski definition) is 2. The molecule has 0 aliphatic heterocycles. The monoisotopic (exact) mass is 421 g/mol. The third-order valence-electron chi connectivity index (χ3n) is 6.86. The maximum atomic E-state index is 10.6. The van der Waals surface area contributed by atoms with Crippen molar-refractivity contribution >= 4 is 45.5 Å². The molecular weight excluding hydrogens is 393 g/mol. The molecule has 0 spiro atoms. The van der Waals surface area contributed by atoms with Crippen molar-refractivity contribution in [2.75, 3.05) is 0 Å². The van der Waals surface area contributed by atoms with E-state index in [1.807, 2.05) is 19.9 Å². The lowest BCUT2D eigenvalue weighted by molar-refractivity contribution is -0.0892. The van der Waals surface area contributed by atoms with E-state index < -0.39 is 11.2 Å². The molecule has 0 aliphatic carbocycles. The molecule has 0 bridgehead atoms. The normalized spacial score (nSPS) is 12.7. The van der Waals surface area contributed by atoms with Crippen LogP contribution >= 0.6 is 0 Å². The second-order valence-corrected chi connectivity index (χ2v) is 9.52. The molecule has 1 N–H and O–H groups in total. The number of rotatable bonds is 5. The summed E-state index contributed by atoms with van der Waals surface area (Å²) in [6.45, 7) is 7.49. The van der Waals surface area contributed by atoms with E-state index in [4.69, 9.17) is 4.65 Å². The Morgan fingerprint density at radius 3 is 2.09 bits per heavy atom. The minimum absolute atomic E-state index is 0.414. The highest BCUT2D eigenvalue weighted by molar-refractivity contribution is 6.57. The van der Waals surface area contributed by atoms with Gasteiger partial charge in [0, 0.05) is 16.5 Å². The van der Waals surface area contributed by atoms with Crippen LogP contribution in [0.1, 0.15) is 27.7 Å². The van der Waals surface area contributed by atoms with E-state index in [0.717, 1.165) is 16.7 Å². The molecule has 1 heterocycles. The molecule has 3 nitrogen and oxygen atoms in total. The van der Waals surface area contributed by atoms with Crippen molar-refractivity contribution in [1.82, 2.24) is 4.57 Å². The third-order valence-corrected chi connectivity index (χ3v) is 6.86. The summed E-state index contributed by atoms with van der Waals surface area (Å²) in [4.78, 5) is 0. The fraction of sp³-hybridized carbons (Fsp3) is 0.214. The van der Waals surface area contributed by atoms with E-state index in [9.17, 15) is 5.11 Å². The van der Waals surface area contributed by atoms with Crippen LogP contribution in [0.2, 0.25) is 0 Å². The lowest BCUT2D eigenvalue weighted by Gasteiger charge is -2.37. The second-order valence-electron chi connectivity index (χ2n) is 9.52. The molecular formula is C28H28BNO2. The Labute approximate surface area is 189 Å². The van der Waals surface area contributed by atoms with E-state index >= 15 is 0 Å². The average molecular weight is 421 g/mol. The van der Waals surface area contributed by atoms with Crippen LogP contribution in [0.5, 0.6) is 0 Å². The van der Waals surface area contributed by atoms with Crippen LogP contribution in [0.3, 0.4) is 0 Å². The predicted octanol–water partition coefficient (Wildman–Crippen LogP) is 5.48. The van der Waals surface area contributed by atoms with Crippen molar-refractivity contribution in [3.63, 3.8) is 0 Å². The molecule has 5 aromatic rings. The minimum atomic E-state index is -0.964. The van der Waals surface area contributed by atoms with Crippen LogP contribution < -0.4 is 5.46 Å². The van der Waals surface area contributed by atoms with E-state index in [0.29, 0.717) is 7.48 Å². The number of hydrogen-bond donors (Lipinski definition) is 1. The zero-order valence-corrected chi connectivity index (χ0v) is 19.1. The molecule has 5 rings (SSSR count). The Morgan fingerprint density at radius 2 is 1.38 bits per heavy atom. The predicted molar refractivity (Wildman–Crippen MR) is 137 cm³/mol. The number of para-hydroxylation sites is 2. The maximum Gasteiger partial charge on any atom is 0.310 e. The summed E-state index contributed by atoms with van der Waals surface area (Å²) >= 11 is 0. The summed E-state index contributed by atoms with van der Waals surface area (Å²) in [7, 11) is 0.414. The summed E-state index contributed by atoms with van der Waals surface area (Å²) < 4.78 is 8.74. The van der Waals surface area contributed by atoms with E-state index in [-0.39, 0.29) is 0 Å². The molecule has 160 valence electrons. The van der Waals surface area contributed by atoms with Gasteiger partial charge in [0.05, 0.1) is 22.2 Å². The van der Waals surface area contributed by atoms with E-state index in [1.165, 1.54) is 27.1 Å². The Morgan fingerprint density at radius 1 is 0.750 bits per heavy atom. The van der Waals surface area contributed by atoms with Crippen LogP contribution in [0.4, 0.5) is 0 Å². The molecule has 0 saturated heterocycles. The molecule has 0 unspecified atom stereocenters. The maximum absolute atomic E-state index is 10.6. The molecule has 0 saturated carbocycles. The second kappa shape index (κ2) is 7.51. The fourth-order valence-corrected chi connectivity index (χ4v) is 4.33. The highest BCUT2D eigenvalue weighted by Crippen LogP contribution is 2.34. The van der Waals surface area contributed by atoms with Gasteiger partial charge < -0.3 is 14.3 Å². The van der Waals surface area contributed by atoms with Crippen LogP contribution in [-0.2, 0) is 4.65 Å². The van der Waals surface area contributed by atoms with Gasteiger partial charge in [-0.15, -0.1) is 0 Å². The van der Waals surface area contributed by atoms with Crippen LogP contribution in [0.15, 0.2) is 84.9 Å². The van der Waals surface area contributed by atoms with Gasteiger partial charge in [0.25, 0.3) is 0 Å². The first kappa shape index (κ1) is 20.8. The number of aromatic nitrogens is 1. The molecule has 32 heavy (non-hydrogen) atoms. The molecule has 1 aromatic heterocycles. The first-order valence-electron chi connectivity index (χ1n) is 11.1. The zero-order valence-electron chi connectivity index (χ0n) is 19.1. The van der Waals surface area contributed by atoms with Gasteiger partial charge in [-0.3, -0.25) is 0 Å². The van der Waals surface area contributed by atoms with Crippen molar-refractivity contribution in [2.45, 2.75) is 38.9 Å². The lowest BCUT2D eigenvalue weighted by atomic mass is 9.78. The summed E-state index contributed by atoms with van der Waals surface area (Å²) in [5.41, 5.74) is 2.96. The number of aliphatic hydroxyl groups is 1. The number of fused-ring (bicyclic) bond motifs is 4. The molecule has 4 aromatic carbocycles. The number of nitrogens with zero attached hydrogens (tertiary/aromatic N) is 1. The fourth-order valence-electron chi connectivity index (χ4n) is 4.33. The van der Waals surface area contributed by atoms with Crippen molar-refractivity contribution in [2.24, 2.45) is 0 Å². The van der Waals surface area contributed by atoms with Crippen molar-refractivity contribution < 1.29 is 9.76 Å². The average Bonchev–Trinajstić information content (AvgIpc) is 3.10. The summed E-state index contributed by atoms with van der Waals surface area (Å²) in [6, 6.07) is 29.8. The SMILES string of the molecule is CC(C)(O)C(C)(C)OBc1c2ccccc2cc2c1c1ccccc1n2-c1ccccc1. The molecule has 4 heteroatoms. The Bertz CT molecular complexity index is 1430. The van der Waals surface area contributed by atoms with Gasteiger partial charge in [-0.2, -0.15) is 0 Å². The Balaban J connectivity index is 1.84. The number of benzene rings is 4. The first-order chi connectivity index (χ1) is 15.3. The minimum Gasteiger partial charge on any atom is -0.427 e.